The molecule has 0 spiro atoms. The lowest BCUT2D eigenvalue weighted by Gasteiger charge is -2.39. The highest BCUT2D eigenvalue weighted by atomic mass is 15.2. The minimum atomic E-state index is 0.0690. The lowest BCUT2D eigenvalue weighted by molar-refractivity contribution is 0.187. The molecule has 0 fully saturated rings. The molecule has 0 saturated heterocycles. The van der Waals surface area contributed by atoms with E-state index in [1.165, 1.54) is 0 Å². The fourth-order valence-corrected chi connectivity index (χ4v) is 1.96. The van der Waals surface area contributed by atoms with E-state index < -0.39 is 0 Å². The van der Waals surface area contributed by atoms with Crippen molar-refractivity contribution in [1.82, 2.24) is 4.90 Å². The zero-order chi connectivity index (χ0) is 17.4. The summed E-state index contributed by atoms with van der Waals surface area (Å²) in [5.41, 5.74) is 0.381. The second kappa shape index (κ2) is 15.8. The number of rotatable bonds is 4. The molecular formula is C18H38N2. The van der Waals surface area contributed by atoms with E-state index in [-0.39, 0.29) is 5.54 Å². The van der Waals surface area contributed by atoms with Gasteiger partial charge in [0.2, 0.25) is 0 Å². The Hall–Kier alpha value is -1.23. The van der Waals surface area contributed by atoms with Crippen molar-refractivity contribution in [2.24, 2.45) is 10.4 Å². The summed E-state index contributed by atoms with van der Waals surface area (Å²) in [6, 6.07) is 0. The highest BCUT2D eigenvalue weighted by molar-refractivity contribution is 5.57. The Morgan fingerprint density at radius 3 is 1.55 bits per heavy atom. The Bertz CT molecular complexity index is 242. The SMILES string of the molecule is C#C.C=CN(C=NC)C(C)(C)CC(C)(C)C.CC.CC. The van der Waals surface area contributed by atoms with Gasteiger partial charge in [-0.15, -0.1) is 12.8 Å². The summed E-state index contributed by atoms with van der Waals surface area (Å²) in [6.07, 6.45) is 12.8. The summed E-state index contributed by atoms with van der Waals surface area (Å²) in [7, 11) is 1.78. The van der Waals surface area contributed by atoms with Gasteiger partial charge in [0.25, 0.3) is 0 Å². The molecule has 0 aromatic carbocycles. The number of terminal acetylenes is 1. The molecule has 0 bridgehead atoms. The van der Waals surface area contributed by atoms with Crippen LogP contribution >= 0.6 is 0 Å². The Balaban J connectivity index is -0.000000187. The molecule has 0 aromatic heterocycles. The fourth-order valence-electron chi connectivity index (χ4n) is 1.96. The number of nitrogens with zero attached hydrogens (tertiary/aromatic N) is 2. The molecule has 0 rings (SSSR count). The molecule has 0 N–H and O–H groups in total. The Morgan fingerprint density at radius 2 is 1.35 bits per heavy atom. The maximum Gasteiger partial charge on any atom is 0.0890 e. The number of aliphatic imine (C=N–C) groups is 1. The van der Waals surface area contributed by atoms with Gasteiger partial charge >= 0.3 is 0 Å². The lowest BCUT2D eigenvalue weighted by atomic mass is 9.81. The summed E-state index contributed by atoms with van der Waals surface area (Å²) < 4.78 is 0. The Morgan fingerprint density at radius 1 is 1.00 bits per heavy atom. The van der Waals surface area contributed by atoms with Crippen LogP contribution in [0.1, 0.15) is 68.7 Å². The van der Waals surface area contributed by atoms with Crippen molar-refractivity contribution in [3.63, 3.8) is 0 Å². The summed E-state index contributed by atoms with van der Waals surface area (Å²) in [5.74, 6) is 0. The van der Waals surface area contributed by atoms with E-state index in [2.05, 4.69) is 63.9 Å². The Labute approximate surface area is 129 Å². The first-order valence-corrected chi connectivity index (χ1v) is 7.39. The van der Waals surface area contributed by atoms with Crippen LogP contribution < -0.4 is 0 Å². The quantitative estimate of drug-likeness (QED) is 0.372. The third-order valence-corrected chi connectivity index (χ3v) is 2.10. The molecule has 0 amide bonds. The number of hydrogen-bond donors (Lipinski definition) is 0. The molecule has 0 aliphatic rings. The van der Waals surface area contributed by atoms with Gasteiger partial charge in [0.1, 0.15) is 0 Å². The van der Waals surface area contributed by atoms with Crippen molar-refractivity contribution < 1.29 is 0 Å². The van der Waals surface area contributed by atoms with Gasteiger partial charge in [0.15, 0.2) is 0 Å². The van der Waals surface area contributed by atoms with Crippen LogP contribution in [0.4, 0.5) is 0 Å². The number of hydrogen-bond acceptors (Lipinski definition) is 1. The van der Waals surface area contributed by atoms with E-state index in [9.17, 15) is 0 Å². The topological polar surface area (TPSA) is 15.6 Å². The summed E-state index contributed by atoms with van der Waals surface area (Å²) in [5, 5.41) is 0. The third-order valence-electron chi connectivity index (χ3n) is 2.10. The van der Waals surface area contributed by atoms with Crippen LogP contribution in [-0.4, -0.2) is 23.8 Å². The molecule has 0 aromatic rings. The molecule has 0 aliphatic carbocycles. The van der Waals surface area contributed by atoms with E-state index in [4.69, 9.17) is 0 Å². The average Bonchev–Trinajstić information content (AvgIpc) is 2.40. The molecule has 0 saturated carbocycles. The first-order chi connectivity index (χ1) is 9.23. The molecular weight excluding hydrogens is 244 g/mol. The standard InChI is InChI=1S/C12H24N2.2C2H6.C2H2/c1-8-14(10-13-7)12(5,6)9-11(2,3)4;3*1-2/h8,10H,1,9H2,2-7H3;2*1-2H3;1-2H. The van der Waals surface area contributed by atoms with E-state index in [0.717, 1.165) is 6.42 Å². The predicted molar refractivity (Wildman–Crippen MR) is 97.2 cm³/mol. The molecule has 2 nitrogen and oxygen atoms in total. The van der Waals surface area contributed by atoms with E-state index in [0.29, 0.717) is 5.41 Å². The summed E-state index contributed by atoms with van der Waals surface area (Å²) in [4.78, 5) is 6.10. The molecule has 20 heavy (non-hydrogen) atoms. The van der Waals surface area contributed by atoms with Gasteiger partial charge in [0.05, 0.1) is 6.34 Å². The van der Waals surface area contributed by atoms with E-state index >= 15 is 0 Å². The van der Waals surface area contributed by atoms with Crippen LogP contribution in [0, 0.1) is 18.3 Å². The monoisotopic (exact) mass is 282 g/mol. The maximum absolute atomic E-state index is 4.03. The van der Waals surface area contributed by atoms with Gasteiger partial charge in [-0.3, -0.25) is 4.99 Å². The van der Waals surface area contributed by atoms with Crippen molar-refractivity contribution in [1.29, 1.82) is 0 Å². The summed E-state index contributed by atoms with van der Waals surface area (Å²) in [6.45, 7) is 23.0. The van der Waals surface area contributed by atoms with Crippen molar-refractivity contribution in [2.45, 2.75) is 74.3 Å². The van der Waals surface area contributed by atoms with Crippen LogP contribution in [0.5, 0.6) is 0 Å². The molecule has 2 heteroatoms. The van der Waals surface area contributed by atoms with Crippen molar-refractivity contribution in [2.75, 3.05) is 7.05 Å². The molecule has 0 unspecified atom stereocenters. The van der Waals surface area contributed by atoms with Gasteiger partial charge in [-0.25, -0.2) is 0 Å². The Kier molecular flexibility index (Phi) is 21.5. The van der Waals surface area contributed by atoms with E-state index in [1.54, 1.807) is 7.05 Å². The van der Waals surface area contributed by atoms with Crippen LogP contribution in [0.2, 0.25) is 0 Å². The van der Waals surface area contributed by atoms with Gasteiger partial charge in [-0.2, -0.15) is 0 Å². The van der Waals surface area contributed by atoms with Crippen LogP contribution in [0.15, 0.2) is 17.8 Å². The van der Waals surface area contributed by atoms with Crippen molar-refractivity contribution in [3.05, 3.63) is 12.8 Å². The van der Waals surface area contributed by atoms with E-state index in [1.807, 2.05) is 40.2 Å². The highest BCUT2D eigenvalue weighted by Gasteiger charge is 2.28. The minimum absolute atomic E-state index is 0.0690. The highest BCUT2D eigenvalue weighted by Crippen LogP contribution is 2.30. The normalized spacial score (nSPS) is 10.0. The molecule has 0 atom stereocenters. The minimum Gasteiger partial charge on any atom is -0.334 e. The van der Waals surface area contributed by atoms with Gasteiger partial charge < -0.3 is 4.90 Å². The van der Waals surface area contributed by atoms with Crippen LogP contribution in [-0.2, 0) is 0 Å². The molecule has 0 aliphatic heterocycles. The molecule has 0 radical (unpaired) electrons. The zero-order valence-corrected chi connectivity index (χ0v) is 15.6. The third kappa shape index (κ3) is 16.8. The molecule has 0 heterocycles. The van der Waals surface area contributed by atoms with Crippen LogP contribution in [0.25, 0.3) is 0 Å². The summed E-state index contributed by atoms with van der Waals surface area (Å²) >= 11 is 0. The lowest BCUT2D eigenvalue weighted by Crippen LogP contribution is -2.42. The smallest absolute Gasteiger partial charge is 0.0890 e. The second-order valence-corrected chi connectivity index (χ2v) is 5.51. The predicted octanol–water partition coefficient (Wildman–Crippen LogP) is 5.61. The van der Waals surface area contributed by atoms with Gasteiger partial charge in [-0.1, -0.05) is 55.0 Å². The average molecular weight is 283 g/mol. The maximum atomic E-state index is 4.03. The van der Waals surface area contributed by atoms with Crippen molar-refractivity contribution >= 4 is 6.34 Å². The largest absolute Gasteiger partial charge is 0.334 e. The second-order valence-electron chi connectivity index (χ2n) is 5.51. The van der Waals surface area contributed by atoms with Gasteiger partial charge in [0, 0.05) is 12.6 Å². The first kappa shape index (κ1) is 27.2. The fraction of sp³-hybridized carbons (Fsp3) is 0.722. The van der Waals surface area contributed by atoms with Crippen molar-refractivity contribution in [3.8, 4) is 12.8 Å². The molecule has 120 valence electrons. The van der Waals surface area contributed by atoms with Crippen LogP contribution in [0.3, 0.4) is 0 Å². The zero-order valence-electron chi connectivity index (χ0n) is 15.6. The first-order valence-electron chi connectivity index (χ1n) is 7.39. The van der Waals surface area contributed by atoms with Gasteiger partial charge in [-0.05, 0) is 31.9 Å².